The number of halogens is 1. The van der Waals surface area contributed by atoms with Gasteiger partial charge in [-0.1, -0.05) is 23.7 Å². The fraction of sp³-hybridized carbons (Fsp3) is 0.167. The molecule has 3 aromatic rings. The molecular weight excluding hydrogens is 434 g/mol. The van der Waals surface area contributed by atoms with Crippen LogP contribution in [0.25, 0.3) is 5.76 Å². The smallest absolute Gasteiger partial charge is 0.300 e. The van der Waals surface area contributed by atoms with Gasteiger partial charge < -0.3 is 19.0 Å². The largest absolute Gasteiger partial charge is 0.507 e. The highest BCUT2D eigenvalue weighted by molar-refractivity contribution is 6.52. The van der Waals surface area contributed by atoms with Crippen molar-refractivity contribution < 1.29 is 28.6 Å². The van der Waals surface area contributed by atoms with E-state index in [9.17, 15) is 14.7 Å². The lowest BCUT2D eigenvalue weighted by Crippen LogP contribution is -2.29. The molecule has 164 valence electrons. The Bertz CT molecular complexity index is 1230. The van der Waals surface area contributed by atoms with E-state index in [1.165, 1.54) is 25.4 Å². The number of hydrogen-bond donors (Lipinski definition) is 1. The monoisotopic (exact) mass is 453 g/mol. The molecule has 4 rings (SSSR count). The quantitative estimate of drug-likeness (QED) is 0.336. The molecule has 8 heteroatoms. The highest BCUT2D eigenvalue weighted by Crippen LogP contribution is 2.46. The maximum absolute atomic E-state index is 13.2. The van der Waals surface area contributed by atoms with Crippen LogP contribution in [0.3, 0.4) is 0 Å². The second-order valence-corrected chi connectivity index (χ2v) is 7.59. The maximum Gasteiger partial charge on any atom is 0.300 e. The van der Waals surface area contributed by atoms with Gasteiger partial charge in [-0.15, -0.1) is 0 Å². The molecule has 0 saturated carbocycles. The number of carbonyl (C=O) groups is 2. The first-order valence-corrected chi connectivity index (χ1v) is 10.1. The summed E-state index contributed by atoms with van der Waals surface area (Å²) in [7, 11) is 2.88. The van der Waals surface area contributed by atoms with Gasteiger partial charge in [0.1, 0.15) is 29.1 Å². The Labute approximate surface area is 189 Å². The first-order chi connectivity index (χ1) is 15.4. The number of amides is 1. The molecule has 1 aliphatic heterocycles. The topological polar surface area (TPSA) is 89.2 Å². The number of ketones is 1. The highest BCUT2D eigenvalue weighted by Gasteiger charge is 2.49. The molecule has 1 fully saturated rings. The van der Waals surface area contributed by atoms with Crippen LogP contribution in [0, 0.1) is 6.92 Å². The molecule has 1 amide bonds. The van der Waals surface area contributed by atoms with Gasteiger partial charge in [-0.2, -0.15) is 0 Å². The summed E-state index contributed by atoms with van der Waals surface area (Å²) < 4.78 is 16.3. The third kappa shape index (κ3) is 3.40. The molecule has 1 saturated heterocycles. The van der Waals surface area contributed by atoms with Crippen LogP contribution < -0.4 is 14.4 Å². The summed E-state index contributed by atoms with van der Waals surface area (Å²) >= 11 is 6.29. The van der Waals surface area contributed by atoms with Crippen LogP contribution in [-0.4, -0.2) is 31.0 Å². The van der Waals surface area contributed by atoms with Gasteiger partial charge in [0.2, 0.25) is 0 Å². The van der Waals surface area contributed by atoms with Crippen molar-refractivity contribution in [3.63, 3.8) is 0 Å². The first kappa shape index (κ1) is 21.5. The molecule has 1 unspecified atom stereocenters. The molecule has 0 aliphatic carbocycles. The molecule has 0 bridgehead atoms. The number of nitrogens with zero attached hydrogens (tertiary/aromatic N) is 1. The van der Waals surface area contributed by atoms with E-state index in [2.05, 4.69) is 0 Å². The number of carbonyl (C=O) groups excluding carboxylic acids is 2. The molecule has 0 radical (unpaired) electrons. The molecule has 1 atom stereocenters. The normalized spacial score (nSPS) is 17.6. The minimum Gasteiger partial charge on any atom is -0.507 e. The molecule has 0 spiro atoms. The molecule has 2 aromatic carbocycles. The number of para-hydroxylation sites is 2. The number of hydrogen-bond acceptors (Lipinski definition) is 6. The Morgan fingerprint density at radius 2 is 1.84 bits per heavy atom. The number of aliphatic hydroxyl groups excluding tert-OH is 1. The number of anilines is 1. The number of benzene rings is 2. The fourth-order valence-corrected chi connectivity index (χ4v) is 4.23. The number of rotatable bonds is 5. The van der Waals surface area contributed by atoms with Gasteiger partial charge in [0, 0.05) is 0 Å². The first-order valence-electron chi connectivity index (χ1n) is 9.71. The predicted molar refractivity (Wildman–Crippen MR) is 119 cm³/mol. The third-order valence-corrected chi connectivity index (χ3v) is 5.53. The van der Waals surface area contributed by atoms with Crippen LogP contribution in [0.4, 0.5) is 5.69 Å². The van der Waals surface area contributed by atoms with Crippen LogP contribution in [0.2, 0.25) is 5.02 Å². The molecule has 1 aromatic heterocycles. The Kier molecular flexibility index (Phi) is 5.67. The van der Waals surface area contributed by atoms with Crippen LogP contribution >= 0.6 is 11.6 Å². The van der Waals surface area contributed by atoms with Crippen LogP contribution in [-0.2, 0) is 9.59 Å². The Morgan fingerprint density at radius 3 is 2.50 bits per heavy atom. The number of aryl methyl sites for hydroxylation is 1. The van der Waals surface area contributed by atoms with Gasteiger partial charge in [-0.3, -0.25) is 14.5 Å². The average molecular weight is 454 g/mol. The lowest BCUT2D eigenvalue weighted by Gasteiger charge is -2.25. The van der Waals surface area contributed by atoms with Crippen molar-refractivity contribution in [2.24, 2.45) is 0 Å². The minimum atomic E-state index is -1.02. The number of Topliss-reactive ketones (excluding diaryl/α,β-unsaturated/α-hetero) is 1. The SMILES string of the molecule is COc1ccccc1N1C(=O)C(=O)/C(=C(\O)c2cc(C)cc(Cl)c2OC)C1c1ccco1. The lowest BCUT2D eigenvalue weighted by molar-refractivity contribution is -0.132. The van der Waals surface area contributed by atoms with E-state index in [1.807, 2.05) is 0 Å². The van der Waals surface area contributed by atoms with Crippen LogP contribution in [0.15, 0.2) is 64.8 Å². The summed E-state index contributed by atoms with van der Waals surface area (Å²) in [5.41, 5.74) is 1.17. The maximum atomic E-state index is 13.2. The molecule has 1 N–H and O–H groups in total. The number of aliphatic hydroxyl groups is 1. The zero-order chi connectivity index (χ0) is 23.0. The van der Waals surface area contributed by atoms with E-state index in [0.29, 0.717) is 17.2 Å². The Hall–Kier alpha value is -3.71. The van der Waals surface area contributed by atoms with Gasteiger partial charge in [-0.05, 0) is 48.9 Å². The molecule has 7 nitrogen and oxygen atoms in total. The van der Waals surface area contributed by atoms with E-state index in [0.717, 1.165) is 5.56 Å². The Morgan fingerprint density at radius 1 is 1.09 bits per heavy atom. The van der Waals surface area contributed by atoms with E-state index in [1.54, 1.807) is 55.5 Å². The van der Waals surface area contributed by atoms with Crippen molar-refractivity contribution in [2.75, 3.05) is 19.1 Å². The zero-order valence-corrected chi connectivity index (χ0v) is 18.3. The number of ether oxygens (including phenoxy) is 2. The third-order valence-electron chi connectivity index (χ3n) is 5.25. The van der Waals surface area contributed by atoms with Gasteiger partial charge in [0.25, 0.3) is 11.7 Å². The summed E-state index contributed by atoms with van der Waals surface area (Å²) in [5.74, 6) is -1.22. The Balaban J connectivity index is 2.00. The molecular formula is C24H20ClNO6. The summed E-state index contributed by atoms with van der Waals surface area (Å²) in [5, 5.41) is 11.6. The van der Waals surface area contributed by atoms with Crippen molar-refractivity contribution in [1.29, 1.82) is 0 Å². The average Bonchev–Trinajstić information content (AvgIpc) is 3.40. The van der Waals surface area contributed by atoms with Gasteiger partial charge >= 0.3 is 0 Å². The molecule has 1 aliphatic rings. The van der Waals surface area contributed by atoms with Crippen molar-refractivity contribution in [3.05, 3.63) is 82.3 Å². The van der Waals surface area contributed by atoms with Crippen molar-refractivity contribution in [1.82, 2.24) is 0 Å². The predicted octanol–water partition coefficient (Wildman–Crippen LogP) is 4.88. The number of furan rings is 1. The van der Waals surface area contributed by atoms with Crippen molar-refractivity contribution in [2.45, 2.75) is 13.0 Å². The second kappa shape index (κ2) is 8.43. The summed E-state index contributed by atoms with van der Waals surface area (Å²) in [6.07, 6.45) is 1.43. The molecule has 32 heavy (non-hydrogen) atoms. The van der Waals surface area contributed by atoms with Gasteiger partial charge in [0.15, 0.2) is 0 Å². The van der Waals surface area contributed by atoms with Crippen molar-refractivity contribution in [3.8, 4) is 11.5 Å². The summed E-state index contributed by atoms with van der Waals surface area (Å²) in [6, 6.07) is 12.4. The van der Waals surface area contributed by atoms with E-state index >= 15 is 0 Å². The van der Waals surface area contributed by atoms with Crippen LogP contribution in [0.5, 0.6) is 11.5 Å². The second-order valence-electron chi connectivity index (χ2n) is 7.18. The van der Waals surface area contributed by atoms with Gasteiger partial charge in [-0.25, -0.2) is 0 Å². The zero-order valence-electron chi connectivity index (χ0n) is 17.6. The highest BCUT2D eigenvalue weighted by atomic mass is 35.5. The molecule has 2 heterocycles. The summed E-state index contributed by atoms with van der Waals surface area (Å²) in [6.45, 7) is 1.79. The lowest BCUT2D eigenvalue weighted by atomic mass is 9.97. The standard InChI is InChI=1S/C24H20ClNO6/c1-13-11-14(23(31-3)15(25)12-13)21(27)19-20(18-9-6-10-32-18)26(24(29)22(19)28)16-7-4-5-8-17(16)30-2/h4-12,20,27H,1-3H3/b21-19-. The fourth-order valence-electron chi connectivity index (χ4n) is 3.88. The number of methoxy groups -OCH3 is 2. The van der Waals surface area contributed by atoms with Gasteiger partial charge in [0.05, 0.1) is 42.3 Å². The van der Waals surface area contributed by atoms with Crippen molar-refractivity contribution >= 4 is 34.7 Å². The van der Waals surface area contributed by atoms with E-state index in [-0.39, 0.29) is 21.9 Å². The minimum absolute atomic E-state index is 0.143. The van der Waals surface area contributed by atoms with E-state index < -0.39 is 23.5 Å². The summed E-state index contributed by atoms with van der Waals surface area (Å²) in [4.78, 5) is 27.7. The van der Waals surface area contributed by atoms with Crippen LogP contribution in [0.1, 0.15) is 22.9 Å². The van der Waals surface area contributed by atoms with E-state index in [4.69, 9.17) is 25.5 Å².